The molecule has 2 rings (SSSR count). The largest absolute Gasteiger partial charge is 0.379 e. The minimum absolute atomic E-state index is 0.317. The summed E-state index contributed by atoms with van der Waals surface area (Å²) in [4.78, 5) is 11.6. The van der Waals surface area contributed by atoms with E-state index in [-0.39, 0.29) is 0 Å². The number of ether oxygens (including phenoxy) is 1. The predicted molar refractivity (Wildman–Crippen MR) is 86.2 cm³/mol. The summed E-state index contributed by atoms with van der Waals surface area (Å²) in [6.07, 6.45) is 0. The number of aromatic nitrogens is 2. The predicted octanol–water partition coefficient (Wildman–Crippen LogP) is 1.69. The van der Waals surface area contributed by atoms with Gasteiger partial charge in [-0.05, 0) is 6.92 Å². The van der Waals surface area contributed by atoms with Crippen molar-refractivity contribution in [2.45, 2.75) is 26.7 Å². The molecule has 0 aliphatic carbocycles. The Labute approximate surface area is 127 Å². The second-order valence-electron chi connectivity index (χ2n) is 5.69. The van der Waals surface area contributed by atoms with Gasteiger partial charge in [0.05, 0.1) is 13.2 Å². The maximum absolute atomic E-state index is 5.36. The molecule has 0 saturated carbocycles. The van der Waals surface area contributed by atoms with E-state index in [2.05, 4.69) is 39.3 Å². The van der Waals surface area contributed by atoms with Crippen LogP contribution in [0.4, 0.5) is 11.6 Å². The van der Waals surface area contributed by atoms with Crippen molar-refractivity contribution in [3.05, 3.63) is 11.4 Å². The molecule has 1 saturated heterocycles. The molecule has 6 heteroatoms. The molecular formula is C15H27N5O. The summed E-state index contributed by atoms with van der Waals surface area (Å²) < 4.78 is 5.36. The number of hydrogen-bond donors (Lipinski definition) is 2. The lowest BCUT2D eigenvalue weighted by atomic mass is 10.2. The van der Waals surface area contributed by atoms with Crippen molar-refractivity contribution in [1.82, 2.24) is 14.9 Å². The molecule has 0 bridgehead atoms. The number of rotatable bonds is 6. The second kappa shape index (κ2) is 7.56. The first-order valence-electron chi connectivity index (χ1n) is 7.72. The minimum atomic E-state index is 0.317. The van der Waals surface area contributed by atoms with E-state index in [1.807, 2.05) is 14.0 Å². The number of nitrogens with one attached hydrogen (secondary N) is 2. The Balaban J connectivity index is 1.99. The molecule has 1 aromatic rings. The van der Waals surface area contributed by atoms with E-state index < -0.39 is 0 Å². The fraction of sp³-hybridized carbons (Fsp3) is 0.733. The monoisotopic (exact) mass is 293 g/mol. The van der Waals surface area contributed by atoms with Gasteiger partial charge in [0.1, 0.15) is 17.5 Å². The maximum Gasteiger partial charge on any atom is 0.135 e. The molecule has 1 aromatic heterocycles. The first-order valence-corrected chi connectivity index (χ1v) is 7.72. The van der Waals surface area contributed by atoms with Crippen LogP contribution in [-0.2, 0) is 4.74 Å². The molecule has 118 valence electrons. The SMILES string of the molecule is CNc1nc(C(C)C)nc(NCCN2CCOCC2)c1C. The fourth-order valence-electron chi connectivity index (χ4n) is 2.36. The van der Waals surface area contributed by atoms with E-state index in [0.29, 0.717) is 5.92 Å². The molecule has 0 spiro atoms. The van der Waals surface area contributed by atoms with E-state index in [4.69, 9.17) is 4.74 Å². The van der Waals surface area contributed by atoms with Gasteiger partial charge in [-0.15, -0.1) is 0 Å². The summed E-state index contributed by atoms with van der Waals surface area (Å²) in [6, 6.07) is 0. The lowest BCUT2D eigenvalue weighted by molar-refractivity contribution is 0.0398. The summed E-state index contributed by atoms with van der Waals surface area (Å²) in [6.45, 7) is 11.9. The highest BCUT2D eigenvalue weighted by molar-refractivity contribution is 5.57. The zero-order valence-electron chi connectivity index (χ0n) is 13.6. The second-order valence-corrected chi connectivity index (χ2v) is 5.69. The first-order chi connectivity index (χ1) is 10.1. The van der Waals surface area contributed by atoms with Gasteiger partial charge >= 0.3 is 0 Å². The topological polar surface area (TPSA) is 62.3 Å². The molecule has 0 radical (unpaired) electrons. The average Bonchev–Trinajstić information content (AvgIpc) is 2.49. The van der Waals surface area contributed by atoms with E-state index in [1.165, 1.54) is 0 Å². The third kappa shape index (κ3) is 4.28. The first kappa shape index (κ1) is 16.0. The van der Waals surface area contributed by atoms with Gasteiger partial charge in [-0.3, -0.25) is 4.90 Å². The van der Waals surface area contributed by atoms with Crippen molar-refractivity contribution in [3.63, 3.8) is 0 Å². The highest BCUT2D eigenvalue weighted by Gasteiger charge is 2.13. The molecule has 0 unspecified atom stereocenters. The zero-order chi connectivity index (χ0) is 15.2. The van der Waals surface area contributed by atoms with Gasteiger partial charge in [0.15, 0.2) is 0 Å². The third-order valence-corrected chi connectivity index (χ3v) is 3.74. The number of nitrogens with zero attached hydrogens (tertiary/aromatic N) is 3. The Bertz CT molecular complexity index is 458. The third-order valence-electron chi connectivity index (χ3n) is 3.74. The molecule has 0 amide bonds. The van der Waals surface area contributed by atoms with Gasteiger partial charge in [0.2, 0.25) is 0 Å². The molecule has 2 heterocycles. The van der Waals surface area contributed by atoms with Gasteiger partial charge in [-0.25, -0.2) is 9.97 Å². The lowest BCUT2D eigenvalue weighted by Gasteiger charge is -2.26. The highest BCUT2D eigenvalue weighted by Crippen LogP contribution is 2.22. The summed E-state index contributed by atoms with van der Waals surface area (Å²) in [7, 11) is 1.90. The van der Waals surface area contributed by atoms with Crippen molar-refractivity contribution in [1.29, 1.82) is 0 Å². The van der Waals surface area contributed by atoms with E-state index in [0.717, 1.165) is 62.4 Å². The molecule has 0 atom stereocenters. The van der Waals surface area contributed by atoms with Gasteiger partial charge in [0.25, 0.3) is 0 Å². The molecule has 21 heavy (non-hydrogen) atoms. The van der Waals surface area contributed by atoms with Crippen LogP contribution < -0.4 is 10.6 Å². The fourth-order valence-corrected chi connectivity index (χ4v) is 2.36. The van der Waals surface area contributed by atoms with Crippen LogP contribution in [0.2, 0.25) is 0 Å². The van der Waals surface area contributed by atoms with Crippen molar-refractivity contribution in [3.8, 4) is 0 Å². The molecule has 2 N–H and O–H groups in total. The molecule has 1 fully saturated rings. The normalized spacial score (nSPS) is 16.2. The highest BCUT2D eigenvalue weighted by atomic mass is 16.5. The average molecular weight is 293 g/mol. The lowest BCUT2D eigenvalue weighted by Crippen LogP contribution is -2.39. The van der Waals surface area contributed by atoms with E-state index in [9.17, 15) is 0 Å². The van der Waals surface area contributed by atoms with Gasteiger partial charge in [-0.2, -0.15) is 0 Å². The summed E-state index contributed by atoms with van der Waals surface area (Å²) in [5.41, 5.74) is 1.07. The summed E-state index contributed by atoms with van der Waals surface area (Å²) in [5, 5.41) is 6.61. The number of hydrogen-bond acceptors (Lipinski definition) is 6. The van der Waals surface area contributed by atoms with Crippen molar-refractivity contribution in [2.75, 3.05) is 57.1 Å². The number of morpholine rings is 1. The Morgan fingerprint density at radius 1 is 1.19 bits per heavy atom. The van der Waals surface area contributed by atoms with Crippen LogP contribution in [-0.4, -0.2) is 61.3 Å². The van der Waals surface area contributed by atoms with Crippen LogP contribution in [0.15, 0.2) is 0 Å². The van der Waals surface area contributed by atoms with Crippen LogP contribution in [0.25, 0.3) is 0 Å². The Morgan fingerprint density at radius 3 is 2.48 bits per heavy atom. The minimum Gasteiger partial charge on any atom is -0.379 e. The zero-order valence-corrected chi connectivity index (χ0v) is 13.6. The smallest absolute Gasteiger partial charge is 0.135 e. The van der Waals surface area contributed by atoms with Crippen LogP contribution in [0, 0.1) is 6.92 Å². The summed E-state index contributed by atoms with van der Waals surface area (Å²) in [5.74, 6) is 3.03. The van der Waals surface area contributed by atoms with Gasteiger partial charge in [0, 0.05) is 44.7 Å². The Morgan fingerprint density at radius 2 is 1.86 bits per heavy atom. The van der Waals surface area contributed by atoms with Crippen LogP contribution >= 0.6 is 0 Å². The molecular weight excluding hydrogens is 266 g/mol. The Hall–Kier alpha value is -1.40. The van der Waals surface area contributed by atoms with Crippen molar-refractivity contribution < 1.29 is 4.74 Å². The Kier molecular flexibility index (Phi) is 5.76. The van der Waals surface area contributed by atoms with E-state index in [1.54, 1.807) is 0 Å². The summed E-state index contributed by atoms with van der Waals surface area (Å²) >= 11 is 0. The number of anilines is 2. The van der Waals surface area contributed by atoms with Crippen LogP contribution in [0.5, 0.6) is 0 Å². The standard InChI is InChI=1S/C15H27N5O/c1-11(2)13-18-14(16-4)12(3)15(19-13)17-5-6-20-7-9-21-10-8-20/h11H,5-10H2,1-4H3,(H2,16,17,18,19). The van der Waals surface area contributed by atoms with Crippen LogP contribution in [0.3, 0.4) is 0 Å². The van der Waals surface area contributed by atoms with Gasteiger partial charge in [-0.1, -0.05) is 13.8 Å². The molecule has 6 nitrogen and oxygen atoms in total. The molecule has 1 aliphatic rings. The molecule has 1 aliphatic heterocycles. The maximum atomic E-state index is 5.36. The van der Waals surface area contributed by atoms with Gasteiger partial charge < -0.3 is 15.4 Å². The quantitative estimate of drug-likeness (QED) is 0.832. The molecule has 0 aromatic carbocycles. The van der Waals surface area contributed by atoms with Crippen molar-refractivity contribution >= 4 is 11.6 Å². The van der Waals surface area contributed by atoms with Crippen LogP contribution in [0.1, 0.15) is 31.2 Å². The van der Waals surface area contributed by atoms with E-state index >= 15 is 0 Å². The van der Waals surface area contributed by atoms with Crippen molar-refractivity contribution in [2.24, 2.45) is 0 Å².